The number of hydrogen-bond donors (Lipinski definition) is 3. The number of rotatable bonds is 3. The molecule has 108 valence electrons. The standard InChI is InChI=1S/C14H9F2NO4/c15-9-2-1-3-10(16)12(9)13(19)17-7-4-5-11(18)8(6-7)14(20)21/h1-6,18H,(H,17,19)(H,20,21). The molecule has 0 aliphatic heterocycles. The average Bonchev–Trinajstić information content (AvgIpc) is 2.40. The van der Waals surface area contributed by atoms with Crippen LogP contribution in [0.2, 0.25) is 0 Å². The molecule has 2 aromatic carbocycles. The van der Waals surface area contributed by atoms with E-state index in [4.69, 9.17) is 5.11 Å². The Balaban J connectivity index is 2.32. The lowest BCUT2D eigenvalue weighted by atomic mass is 10.1. The highest BCUT2D eigenvalue weighted by Crippen LogP contribution is 2.22. The summed E-state index contributed by atoms with van der Waals surface area (Å²) < 4.78 is 26.9. The number of anilines is 1. The number of carbonyl (C=O) groups excluding carboxylic acids is 1. The van der Waals surface area contributed by atoms with Crippen LogP contribution in [0, 0.1) is 11.6 Å². The summed E-state index contributed by atoms with van der Waals surface area (Å²) in [5.41, 5.74) is -1.23. The number of halogens is 2. The number of benzene rings is 2. The van der Waals surface area contributed by atoms with Gasteiger partial charge in [-0.15, -0.1) is 0 Å². The van der Waals surface area contributed by atoms with Gasteiger partial charge in [-0.25, -0.2) is 13.6 Å². The number of hydrogen-bond acceptors (Lipinski definition) is 3. The molecule has 0 heterocycles. The number of aromatic carboxylic acids is 1. The van der Waals surface area contributed by atoms with E-state index in [9.17, 15) is 23.5 Å². The van der Waals surface area contributed by atoms with Crippen LogP contribution in [0.1, 0.15) is 20.7 Å². The topological polar surface area (TPSA) is 86.6 Å². The lowest BCUT2D eigenvalue weighted by Crippen LogP contribution is -2.16. The van der Waals surface area contributed by atoms with Crippen LogP contribution in [0.5, 0.6) is 5.75 Å². The third kappa shape index (κ3) is 2.97. The summed E-state index contributed by atoms with van der Waals surface area (Å²) in [7, 11) is 0. The van der Waals surface area contributed by atoms with Crippen LogP contribution in [0.3, 0.4) is 0 Å². The van der Waals surface area contributed by atoms with Gasteiger partial charge in [0.15, 0.2) is 0 Å². The zero-order chi connectivity index (χ0) is 15.6. The molecule has 21 heavy (non-hydrogen) atoms. The Kier molecular flexibility index (Phi) is 3.84. The maximum atomic E-state index is 13.4. The highest BCUT2D eigenvalue weighted by Gasteiger charge is 2.18. The van der Waals surface area contributed by atoms with E-state index in [0.29, 0.717) is 0 Å². The van der Waals surface area contributed by atoms with Gasteiger partial charge in [-0.2, -0.15) is 0 Å². The molecular formula is C14H9F2NO4. The minimum absolute atomic E-state index is 0.0159. The third-order valence-corrected chi connectivity index (χ3v) is 2.67. The minimum Gasteiger partial charge on any atom is -0.507 e. The largest absolute Gasteiger partial charge is 0.507 e. The van der Waals surface area contributed by atoms with Gasteiger partial charge in [0.25, 0.3) is 5.91 Å². The smallest absolute Gasteiger partial charge is 0.339 e. The number of carboxylic acid groups (broad SMARTS) is 1. The number of nitrogens with one attached hydrogen (secondary N) is 1. The first-order valence-electron chi connectivity index (χ1n) is 5.72. The van der Waals surface area contributed by atoms with Crippen molar-refractivity contribution in [2.45, 2.75) is 0 Å². The summed E-state index contributed by atoms with van der Waals surface area (Å²) >= 11 is 0. The van der Waals surface area contributed by atoms with Crippen LogP contribution in [0.15, 0.2) is 36.4 Å². The fraction of sp³-hybridized carbons (Fsp3) is 0. The molecule has 0 aliphatic carbocycles. The molecule has 0 spiro atoms. The zero-order valence-corrected chi connectivity index (χ0v) is 10.4. The molecule has 3 N–H and O–H groups in total. The zero-order valence-electron chi connectivity index (χ0n) is 10.4. The molecule has 0 unspecified atom stereocenters. The Morgan fingerprint density at radius 2 is 1.67 bits per heavy atom. The van der Waals surface area contributed by atoms with Gasteiger partial charge >= 0.3 is 5.97 Å². The van der Waals surface area contributed by atoms with Crippen LogP contribution >= 0.6 is 0 Å². The van der Waals surface area contributed by atoms with Crippen molar-refractivity contribution >= 4 is 17.6 Å². The van der Waals surface area contributed by atoms with Crippen LogP contribution in [-0.2, 0) is 0 Å². The highest BCUT2D eigenvalue weighted by atomic mass is 19.1. The number of phenols is 1. The summed E-state index contributed by atoms with van der Waals surface area (Å²) in [6.07, 6.45) is 0. The molecule has 2 rings (SSSR count). The third-order valence-electron chi connectivity index (χ3n) is 2.67. The van der Waals surface area contributed by atoms with E-state index >= 15 is 0 Å². The summed E-state index contributed by atoms with van der Waals surface area (Å²) in [5, 5.41) is 20.3. The Bertz CT molecular complexity index is 711. The Hall–Kier alpha value is -2.96. The predicted molar refractivity (Wildman–Crippen MR) is 69.4 cm³/mol. The van der Waals surface area contributed by atoms with E-state index in [0.717, 1.165) is 30.3 Å². The van der Waals surface area contributed by atoms with Crippen molar-refractivity contribution in [1.82, 2.24) is 0 Å². The van der Waals surface area contributed by atoms with Crippen LogP contribution in [0.25, 0.3) is 0 Å². The van der Waals surface area contributed by atoms with Crippen molar-refractivity contribution in [2.75, 3.05) is 5.32 Å². The van der Waals surface area contributed by atoms with Crippen molar-refractivity contribution in [2.24, 2.45) is 0 Å². The molecule has 1 amide bonds. The van der Waals surface area contributed by atoms with Crippen LogP contribution in [-0.4, -0.2) is 22.1 Å². The molecule has 0 atom stereocenters. The number of aromatic hydroxyl groups is 1. The second kappa shape index (κ2) is 5.58. The lowest BCUT2D eigenvalue weighted by Gasteiger charge is -2.08. The van der Waals surface area contributed by atoms with E-state index in [2.05, 4.69) is 5.32 Å². The maximum absolute atomic E-state index is 13.4. The molecule has 0 fully saturated rings. The molecule has 0 aliphatic rings. The van der Waals surface area contributed by atoms with Gasteiger partial charge in [-0.1, -0.05) is 6.07 Å². The molecule has 2 aromatic rings. The first kappa shape index (κ1) is 14.4. The summed E-state index contributed by atoms with van der Waals surface area (Å²) in [6.45, 7) is 0. The summed E-state index contributed by atoms with van der Waals surface area (Å²) in [4.78, 5) is 22.7. The normalized spacial score (nSPS) is 10.2. The molecule has 0 saturated heterocycles. The SMILES string of the molecule is O=C(O)c1cc(NC(=O)c2c(F)cccc2F)ccc1O. The van der Waals surface area contributed by atoms with Crippen molar-refractivity contribution < 1.29 is 28.6 Å². The maximum Gasteiger partial charge on any atom is 0.339 e. The first-order valence-corrected chi connectivity index (χ1v) is 5.72. The molecular weight excluding hydrogens is 284 g/mol. The molecule has 5 nitrogen and oxygen atoms in total. The Morgan fingerprint density at radius 3 is 2.24 bits per heavy atom. The monoisotopic (exact) mass is 293 g/mol. The van der Waals surface area contributed by atoms with Gasteiger partial charge in [0, 0.05) is 5.69 Å². The second-order valence-corrected chi connectivity index (χ2v) is 4.09. The molecule has 0 bridgehead atoms. The minimum atomic E-state index is -1.40. The number of carbonyl (C=O) groups is 2. The van der Waals surface area contributed by atoms with Crippen LogP contribution < -0.4 is 5.32 Å². The van der Waals surface area contributed by atoms with E-state index in [-0.39, 0.29) is 5.69 Å². The van der Waals surface area contributed by atoms with E-state index in [1.807, 2.05) is 0 Å². The predicted octanol–water partition coefficient (Wildman–Crippen LogP) is 2.62. The van der Waals surface area contributed by atoms with E-state index in [1.54, 1.807) is 0 Å². The van der Waals surface area contributed by atoms with Crippen molar-refractivity contribution in [3.63, 3.8) is 0 Å². The summed E-state index contributed by atoms with van der Waals surface area (Å²) in [5.74, 6) is -5.03. The molecule has 7 heteroatoms. The van der Waals surface area contributed by atoms with Gasteiger partial charge in [0.2, 0.25) is 0 Å². The quantitative estimate of drug-likeness (QED) is 0.759. The number of amides is 1. The number of carboxylic acids is 1. The fourth-order valence-corrected chi connectivity index (χ4v) is 1.69. The molecule has 0 saturated carbocycles. The highest BCUT2D eigenvalue weighted by molar-refractivity contribution is 6.05. The molecule has 0 radical (unpaired) electrons. The molecule has 0 aromatic heterocycles. The Morgan fingerprint density at radius 1 is 1.05 bits per heavy atom. The van der Waals surface area contributed by atoms with Crippen molar-refractivity contribution in [1.29, 1.82) is 0 Å². The lowest BCUT2D eigenvalue weighted by molar-refractivity contribution is 0.0693. The van der Waals surface area contributed by atoms with Gasteiger partial charge in [-0.3, -0.25) is 4.79 Å². The summed E-state index contributed by atoms with van der Waals surface area (Å²) in [6, 6.07) is 6.21. The van der Waals surface area contributed by atoms with Gasteiger partial charge in [-0.05, 0) is 30.3 Å². The van der Waals surface area contributed by atoms with E-state index in [1.165, 1.54) is 6.07 Å². The van der Waals surface area contributed by atoms with Gasteiger partial charge in [0.05, 0.1) is 0 Å². The fourth-order valence-electron chi connectivity index (χ4n) is 1.69. The van der Waals surface area contributed by atoms with Crippen molar-refractivity contribution in [3.8, 4) is 5.75 Å². The average molecular weight is 293 g/mol. The van der Waals surface area contributed by atoms with Gasteiger partial charge < -0.3 is 15.5 Å². The first-order chi connectivity index (χ1) is 9.90. The van der Waals surface area contributed by atoms with Crippen LogP contribution in [0.4, 0.5) is 14.5 Å². The van der Waals surface area contributed by atoms with Crippen molar-refractivity contribution in [3.05, 3.63) is 59.2 Å². The Labute approximate surface area is 117 Å². The van der Waals surface area contributed by atoms with Gasteiger partial charge in [0.1, 0.15) is 28.5 Å². The second-order valence-electron chi connectivity index (χ2n) is 4.09. The van der Waals surface area contributed by atoms with E-state index < -0.39 is 40.4 Å².